The van der Waals surface area contributed by atoms with E-state index in [1.807, 2.05) is 31.2 Å². The highest BCUT2D eigenvalue weighted by Crippen LogP contribution is 2.29. The average Bonchev–Trinajstić information content (AvgIpc) is 3.03. The van der Waals surface area contributed by atoms with E-state index in [0.29, 0.717) is 23.4 Å². The van der Waals surface area contributed by atoms with E-state index in [2.05, 4.69) is 0 Å². The summed E-state index contributed by atoms with van der Waals surface area (Å²) in [4.78, 5) is 26.3. The summed E-state index contributed by atoms with van der Waals surface area (Å²) in [5, 5.41) is 0.772. The van der Waals surface area contributed by atoms with Gasteiger partial charge in [-0.25, -0.2) is 4.79 Å². The van der Waals surface area contributed by atoms with E-state index in [1.165, 1.54) is 4.90 Å². The fourth-order valence-electron chi connectivity index (χ4n) is 2.96. The molecule has 2 aromatic carbocycles. The number of amides is 1. The van der Waals surface area contributed by atoms with Gasteiger partial charge in [-0.15, -0.1) is 0 Å². The minimum absolute atomic E-state index is 0.0950. The van der Waals surface area contributed by atoms with Gasteiger partial charge < -0.3 is 18.8 Å². The van der Waals surface area contributed by atoms with Crippen LogP contribution < -0.4 is 4.74 Å². The molecule has 3 rings (SSSR count). The second-order valence-electron chi connectivity index (χ2n) is 6.67. The molecule has 0 saturated heterocycles. The summed E-state index contributed by atoms with van der Waals surface area (Å²) in [6.45, 7) is 3.87. The monoisotopic (exact) mass is 381 g/mol. The summed E-state index contributed by atoms with van der Waals surface area (Å²) >= 11 is 0. The minimum atomic E-state index is -0.662. The molecule has 1 amide bonds. The van der Waals surface area contributed by atoms with E-state index in [0.717, 1.165) is 16.5 Å². The number of esters is 1. The van der Waals surface area contributed by atoms with Crippen molar-refractivity contribution >= 4 is 22.8 Å². The maximum Gasteiger partial charge on any atom is 0.375 e. The second kappa shape index (κ2) is 8.17. The Labute approximate surface area is 163 Å². The predicted molar refractivity (Wildman–Crippen MR) is 105 cm³/mol. The molecule has 28 heavy (non-hydrogen) atoms. The van der Waals surface area contributed by atoms with Gasteiger partial charge in [0.05, 0.1) is 7.11 Å². The smallest absolute Gasteiger partial charge is 0.375 e. The number of hydrogen-bond donors (Lipinski definition) is 0. The molecule has 1 heterocycles. The Balaban J connectivity index is 1.65. The SMILES string of the molecule is COc1ccc2oc(C(=O)OCC(=O)N(C)Cc3ccccc3C)c(C)c2c1. The maximum atomic E-state index is 12.4. The topological polar surface area (TPSA) is 69.0 Å². The number of likely N-dealkylation sites (N-methyl/N-ethyl adjacent to an activating group) is 1. The van der Waals surface area contributed by atoms with Crippen LogP contribution in [0.1, 0.15) is 27.2 Å². The number of benzene rings is 2. The van der Waals surface area contributed by atoms with Crippen molar-refractivity contribution in [3.8, 4) is 5.75 Å². The van der Waals surface area contributed by atoms with Gasteiger partial charge in [0.2, 0.25) is 5.76 Å². The van der Waals surface area contributed by atoms with Crippen LogP contribution in [0.25, 0.3) is 11.0 Å². The van der Waals surface area contributed by atoms with Gasteiger partial charge in [-0.3, -0.25) is 4.79 Å². The first-order chi connectivity index (χ1) is 13.4. The summed E-state index contributed by atoms with van der Waals surface area (Å²) in [7, 11) is 3.26. The van der Waals surface area contributed by atoms with E-state index >= 15 is 0 Å². The maximum absolute atomic E-state index is 12.4. The lowest BCUT2D eigenvalue weighted by Crippen LogP contribution is -2.31. The van der Waals surface area contributed by atoms with Crippen LogP contribution in [0.2, 0.25) is 0 Å². The van der Waals surface area contributed by atoms with Gasteiger partial charge in [-0.2, -0.15) is 0 Å². The van der Waals surface area contributed by atoms with Crippen LogP contribution in [-0.2, 0) is 16.1 Å². The van der Waals surface area contributed by atoms with E-state index < -0.39 is 5.97 Å². The lowest BCUT2D eigenvalue weighted by Gasteiger charge is -2.18. The normalized spacial score (nSPS) is 10.7. The fourth-order valence-corrected chi connectivity index (χ4v) is 2.96. The van der Waals surface area contributed by atoms with Gasteiger partial charge in [0.1, 0.15) is 11.3 Å². The number of methoxy groups -OCH3 is 1. The lowest BCUT2D eigenvalue weighted by molar-refractivity contribution is -0.133. The van der Waals surface area contributed by atoms with E-state index in [1.54, 1.807) is 39.3 Å². The van der Waals surface area contributed by atoms with Crippen molar-refractivity contribution in [2.75, 3.05) is 20.8 Å². The molecule has 0 radical (unpaired) electrons. The summed E-state index contributed by atoms with van der Waals surface area (Å²) < 4.78 is 16.0. The number of furan rings is 1. The van der Waals surface area contributed by atoms with Crippen LogP contribution >= 0.6 is 0 Å². The van der Waals surface area contributed by atoms with Crippen molar-refractivity contribution in [1.82, 2.24) is 4.90 Å². The first-order valence-corrected chi connectivity index (χ1v) is 8.93. The zero-order chi connectivity index (χ0) is 20.3. The third kappa shape index (κ3) is 4.01. The Morgan fingerprint density at radius 2 is 1.86 bits per heavy atom. The zero-order valence-electron chi connectivity index (χ0n) is 16.4. The molecule has 0 fully saturated rings. The van der Waals surface area contributed by atoms with E-state index in [9.17, 15) is 9.59 Å². The van der Waals surface area contributed by atoms with Crippen LogP contribution in [0, 0.1) is 13.8 Å². The second-order valence-corrected chi connectivity index (χ2v) is 6.67. The van der Waals surface area contributed by atoms with Crippen LogP contribution in [-0.4, -0.2) is 37.5 Å². The average molecular weight is 381 g/mol. The van der Waals surface area contributed by atoms with Gasteiger partial charge in [-0.05, 0) is 43.2 Å². The number of carbonyl (C=O) groups excluding carboxylic acids is 2. The Morgan fingerprint density at radius 1 is 1.11 bits per heavy atom. The summed E-state index contributed by atoms with van der Waals surface area (Å²) in [5.41, 5.74) is 3.37. The molecule has 6 heteroatoms. The third-order valence-electron chi connectivity index (χ3n) is 4.75. The third-order valence-corrected chi connectivity index (χ3v) is 4.75. The molecule has 0 unspecified atom stereocenters. The molecule has 1 aromatic heterocycles. The van der Waals surface area contributed by atoms with Crippen molar-refractivity contribution in [3.63, 3.8) is 0 Å². The molecule has 0 spiro atoms. The quantitative estimate of drug-likeness (QED) is 0.606. The Hall–Kier alpha value is -3.28. The van der Waals surface area contributed by atoms with Crippen LogP contribution in [0.4, 0.5) is 0 Å². The fraction of sp³-hybridized carbons (Fsp3) is 0.273. The molecule has 0 aliphatic heterocycles. The first kappa shape index (κ1) is 19.5. The Kier molecular flexibility index (Phi) is 5.68. The first-order valence-electron chi connectivity index (χ1n) is 8.93. The molecule has 0 aliphatic rings. The van der Waals surface area contributed by atoms with E-state index in [4.69, 9.17) is 13.9 Å². The number of rotatable bonds is 6. The molecule has 146 valence electrons. The van der Waals surface area contributed by atoms with Crippen LogP contribution in [0.3, 0.4) is 0 Å². The number of hydrogen-bond acceptors (Lipinski definition) is 5. The number of nitrogens with zero attached hydrogens (tertiary/aromatic N) is 1. The highest BCUT2D eigenvalue weighted by atomic mass is 16.5. The molecular weight excluding hydrogens is 358 g/mol. The van der Waals surface area contributed by atoms with Crippen LogP contribution in [0.5, 0.6) is 5.75 Å². The van der Waals surface area contributed by atoms with Crippen molar-refractivity contribution in [2.45, 2.75) is 20.4 Å². The Bertz CT molecular complexity index is 1020. The van der Waals surface area contributed by atoms with Crippen molar-refractivity contribution in [2.24, 2.45) is 0 Å². The largest absolute Gasteiger partial charge is 0.497 e. The highest BCUT2D eigenvalue weighted by molar-refractivity contribution is 5.97. The summed E-state index contributed by atoms with van der Waals surface area (Å²) in [5.74, 6) is -0.181. The molecule has 6 nitrogen and oxygen atoms in total. The van der Waals surface area contributed by atoms with Gasteiger partial charge in [0, 0.05) is 24.5 Å². The standard InChI is InChI=1S/C22H23NO5/c1-14-7-5-6-8-16(14)12-23(3)20(24)13-27-22(25)21-15(2)18-11-17(26-4)9-10-19(18)28-21/h5-11H,12-13H2,1-4H3. The minimum Gasteiger partial charge on any atom is -0.497 e. The number of ether oxygens (including phenoxy) is 2. The van der Waals surface area contributed by atoms with Crippen LogP contribution in [0.15, 0.2) is 46.9 Å². The summed E-state index contributed by atoms with van der Waals surface area (Å²) in [6.07, 6.45) is 0. The zero-order valence-corrected chi connectivity index (χ0v) is 16.4. The molecular formula is C22H23NO5. The number of aryl methyl sites for hydroxylation is 2. The molecule has 0 aliphatic carbocycles. The van der Waals surface area contributed by atoms with E-state index in [-0.39, 0.29) is 18.3 Å². The molecule has 3 aromatic rings. The van der Waals surface area contributed by atoms with Gasteiger partial charge in [0.25, 0.3) is 5.91 Å². The predicted octanol–water partition coefficient (Wildman–Crippen LogP) is 3.87. The van der Waals surface area contributed by atoms with Crippen molar-refractivity contribution in [3.05, 3.63) is 64.9 Å². The lowest BCUT2D eigenvalue weighted by atomic mass is 10.1. The molecule has 0 bridgehead atoms. The number of fused-ring (bicyclic) bond motifs is 1. The van der Waals surface area contributed by atoms with Gasteiger partial charge >= 0.3 is 5.97 Å². The molecule has 0 N–H and O–H groups in total. The van der Waals surface area contributed by atoms with Crippen molar-refractivity contribution in [1.29, 1.82) is 0 Å². The Morgan fingerprint density at radius 3 is 2.57 bits per heavy atom. The molecule has 0 saturated carbocycles. The van der Waals surface area contributed by atoms with Crippen molar-refractivity contribution < 1.29 is 23.5 Å². The van der Waals surface area contributed by atoms with Gasteiger partial charge in [-0.1, -0.05) is 24.3 Å². The van der Waals surface area contributed by atoms with Gasteiger partial charge in [0.15, 0.2) is 6.61 Å². The summed E-state index contributed by atoms with van der Waals surface area (Å²) in [6, 6.07) is 13.1. The number of carbonyl (C=O) groups is 2. The highest BCUT2D eigenvalue weighted by Gasteiger charge is 2.21. The molecule has 0 atom stereocenters.